The van der Waals surface area contributed by atoms with Crippen LogP contribution in [0.25, 0.3) is 0 Å². The minimum atomic E-state index is -3.16. The van der Waals surface area contributed by atoms with Crippen molar-refractivity contribution in [1.82, 2.24) is 0 Å². The molecule has 0 aromatic heterocycles. The summed E-state index contributed by atoms with van der Waals surface area (Å²) in [5.41, 5.74) is 1.21. The fourth-order valence-electron chi connectivity index (χ4n) is 53.7. The van der Waals surface area contributed by atoms with Crippen LogP contribution in [0.1, 0.15) is 6.92 Å². The van der Waals surface area contributed by atoms with E-state index in [-0.39, 0.29) is 0 Å². The van der Waals surface area contributed by atoms with Gasteiger partial charge in [-0.3, -0.25) is 0 Å². The molecule has 30 rings (SSSR count). The summed E-state index contributed by atoms with van der Waals surface area (Å²) >= 11 is 0. The fourth-order valence-corrected chi connectivity index (χ4v) is 282. The first-order valence-electron chi connectivity index (χ1n) is 17.0. The SMILES string of the molecule is CC([C]12[CH]3[CH]4[CH]5[CH]1[Fe]45321678[CH]2[CH]1[CH]6[CH]7[CH]28)([C]12[CH]3[CH]4[CH]5[CH]1[Fe]45321678[CH]2[CH]1[CH]6[CH]7[CH]28)[C]12[CH]3[CH]4[CH]5[CH]1[Fe]45321678[CH]2[CH]1[CH]6[CH]7[CH]28. The number of fused-ring (bicyclic) bond motifs is 30. The van der Waals surface area contributed by atoms with Gasteiger partial charge >= 0.3 is 175 Å². The van der Waals surface area contributed by atoms with E-state index in [2.05, 4.69) is 6.92 Å². The standard InChI is InChI=1S/C17H15.3C5H5.3Fe/c1-17(14-8-2-3-9-14,15-10-4-5-11-15)16-12-6-7-13-16;3*1-2-4-5-3-1;;;/h2-13H,1H3;3*1-5H;;;. The van der Waals surface area contributed by atoms with Crippen molar-refractivity contribution in [2.24, 2.45) is 5.41 Å². The molecule has 35 heavy (non-hydrogen) atoms. The molecule has 0 saturated carbocycles. The maximum absolute atomic E-state index is 3.57. The fraction of sp³-hybridized carbons (Fsp3) is 1.00. The van der Waals surface area contributed by atoms with Gasteiger partial charge in [0.05, 0.1) is 0 Å². The predicted octanol–water partition coefficient (Wildman–Crippen LogP) is 10.3. The average molecular weight is 582 g/mol. The molecule has 0 radical (unpaired) electrons. The van der Waals surface area contributed by atoms with Gasteiger partial charge in [-0.2, -0.15) is 0 Å². The molecule has 0 bridgehead atoms. The molecule has 30 fully saturated rings. The van der Waals surface area contributed by atoms with Crippen LogP contribution in [-0.4, -0.2) is 0 Å². The Morgan fingerprint density at radius 3 is 0.571 bits per heavy atom. The Bertz CT molecular complexity index is 2720. The van der Waals surface area contributed by atoms with Gasteiger partial charge in [-0.1, -0.05) is 0 Å². The second-order valence-electron chi connectivity index (χ2n) is 30.2. The normalized spacial score (nSPS) is 171. The van der Waals surface area contributed by atoms with Gasteiger partial charge in [0.1, 0.15) is 0 Å². The van der Waals surface area contributed by atoms with Crippen molar-refractivity contribution < 1.29 is 19.5 Å². The van der Waals surface area contributed by atoms with Crippen LogP contribution in [0.15, 0.2) is 0 Å². The van der Waals surface area contributed by atoms with Crippen molar-refractivity contribution >= 4 is 0 Å². The summed E-state index contributed by atoms with van der Waals surface area (Å²) in [6.45, 7) is -5.91. The van der Waals surface area contributed by atoms with Crippen molar-refractivity contribution in [2.75, 3.05) is 0 Å². The van der Waals surface area contributed by atoms with Gasteiger partial charge in [0.2, 0.25) is 0 Å². The molecular weight excluding hydrogens is 552 g/mol. The molecule has 30 aliphatic rings. The van der Waals surface area contributed by atoms with Gasteiger partial charge in [0.15, 0.2) is 0 Å². The summed E-state index contributed by atoms with van der Waals surface area (Å²) in [5, 5.41) is 0. The van der Waals surface area contributed by atoms with E-state index in [9.17, 15) is 0 Å². The van der Waals surface area contributed by atoms with Gasteiger partial charge in [0.25, 0.3) is 0 Å². The van der Waals surface area contributed by atoms with Crippen molar-refractivity contribution in [3.8, 4) is 0 Å². The van der Waals surface area contributed by atoms with Gasteiger partial charge < -0.3 is 0 Å². The van der Waals surface area contributed by atoms with E-state index in [0.717, 1.165) is 0 Å². The molecule has 3 spiro atoms. The minimum absolute atomic E-state index is 1.21. The zero-order valence-electron chi connectivity index (χ0n) is 19.6. The second kappa shape index (κ2) is 0.728. The Morgan fingerprint density at radius 1 is 0.314 bits per heavy atom. The van der Waals surface area contributed by atoms with Gasteiger partial charge in [-0.05, 0) is 0 Å². The Kier molecular flexibility index (Phi) is 0.224. The topological polar surface area (TPSA) is 0 Å². The number of hydrogen-bond acceptors (Lipinski definition) is 0. The molecular formula is C32H30Fe3. The molecule has 0 N–H and O–H groups in total. The molecule has 182 valence electrons. The van der Waals surface area contributed by atoms with Gasteiger partial charge in [-0.25, -0.2) is 0 Å². The van der Waals surface area contributed by atoms with Crippen LogP contribution >= 0.6 is 0 Å². The molecule has 0 nitrogen and oxygen atoms in total. The Hall–Kier alpha value is 1.56. The molecule has 12 atom stereocenters. The van der Waals surface area contributed by atoms with E-state index in [4.69, 9.17) is 0 Å². The average Bonchev–Trinajstić information content (AvgIpc) is 3.65. The zero-order valence-corrected chi connectivity index (χ0v) is 23.0. The van der Waals surface area contributed by atoms with Crippen LogP contribution in [-0.2, 0) is 19.5 Å². The van der Waals surface area contributed by atoms with Crippen molar-refractivity contribution in [3.05, 3.63) is 0 Å². The summed E-state index contributed by atoms with van der Waals surface area (Å²) in [7, 11) is 0. The Balaban J connectivity index is 1.05. The van der Waals surface area contributed by atoms with Crippen LogP contribution in [0.3, 0.4) is 0 Å². The van der Waals surface area contributed by atoms with Crippen LogP contribution in [0.4, 0.5) is 0 Å². The van der Waals surface area contributed by atoms with Crippen LogP contribution in [0, 0.1) is 5.41 Å². The third kappa shape index (κ3) is 0.0899. The summed E-state index contributed by atoms with van der Waals surface area (Å²) in [6.07, 6.45) is 0. The van der Waals surface area contributed by atoms with E-state index >= 15 is 0 Å². The third-order valence-electron chi connectivity index (χ3n) is 46.3. The monoisotopic (exact) mass is 582 g/mol. The zero-order chi connectivity index (χ0) is 19.5. The van der Waals surface area contributed by atoms with Gasteiger partial charge in [0, 0.05) is 0 Å². The molecule has 30 saturated heterocycles. The summed E-state index contributed by atoms with van der Waals surface area (Å²) in [6, 6.07) is 0. The van der Waals surface area contributed by atoms with E-state index in [1.165, 1.54) is 18.4 Å². The molecule has 0 amide bonds. The molecule has 3 heteroatoms. The number of hydrogen-bond donors (Lipinski definition) is 0. The van der Waals surface area contributed by atoms with E-state index in [0.29, 0.717) is 0 Å². The second-order valence-corrected chi connectivity index (χ2v) is 101. The van der Waals surface area contributed by atoms with Crippen molar-refractivity contribution in [2.45, 2.75) is 150 Å². The molecule has 30 aliphatic heterocycles. The first kappa shape index (κ1) is 10.8. The predicted molar refractivity (Wildman–Crippen MR) is 117 cm³/mol. The summed E-state index contributed by atoms with van der Waals surface area (Å²) in [4.78, 5) is 44.6. The molecule has 0 aliphatic carbocycles. The van der Waals surface area contributed by atoms with Crippen LogP contribution in [0.2, 0.25) is 143 Å². The number of rotatable bonds is 3. The first-order valence-corrected chi connectivity index (χ1v) is 35.9. The summed E-state index contributed by atoms with van der Waals surface area (Å²) < 4.78 is 4.05. The van der Waals surface area contributed by atoms with E-state index in [1.54, 1.807) is 130 Å². The van der Waals surface area contributed by atoms with Crippen LogP contribution in [0.5, 0.6) is 0 Å². The molecule has 12 unspecified atom stereocenters. The Labute approximate surface area is 173 Å². The van der Waals surface area contributed by atoms with Crippen molar-refractivity contribution in [3.63, 3.8) is 0 Å². The molecule has 0 aromatic carbocycles. The Morgan fingerprint density at radius 2 is 0.486 bits per heavy atom. The van der Waals surface area contributed by atoms with E-state index < -0.39 is 19.5 Å². The van der Waals surface area contributed by atoms with Crippen LogP contribution < -0.4 is 0 Å². The first-order chi connectivity index (χ1) is 16.4. The summed E-state index contributed by atoms with van der Waals surface area (Å²) in [5.74, 6) is 0. The third-order valence-corrected chi connectivity index (χ3v) is 174. The molecule has 30 heterocycles. The molecule has 0 aromatic rings. The van der Waals surface area contributed by atoms with Gasteiger partial charge in [-0.15, -0.1) is 0 Å². The van der Waals surface area contributed by atoms with E-state index in [1.807, 2.05) is 0 Å². The quantitative estimate of drug-likeness (QED) is 0.291. The maximum atomic E-state index is 3.57. The van der Waals surface area contributed by atoms with Crippen molar-refractivity contribution in [1.29, 1.82) is 0 Å².